The zero-order valence-electron chi connectivity index (χ0n) is 15.2. The van der Waals surface area contributed by atoms with Crippen LogP contribution in [0.25, 0.3) is 10.9 Å². The third-order valence-electron chi connectivity index (χ3n) is 5.23. The average molecular weight is 346 g/mol. The minimum atomic E-state index is -0.751. The predicted molar refractivity (Wildman–Crippen MR) is 95.7 cm³/mol. The zero-order chi connectivity index (χ0) is 18.1. The SMILES string of the molecule is CO[C@@H]1COC[C@@H](N(C)C(=O)Cc2c(C)[nH]c3c(C)cccc23)[C@@H]1O. The van der Waals surface area contributed by atoms with Gasteiger partial charge in [0, 0.05) is 30.8 Å². The number of carbonyl (C=O) groups excluding carboxylic acids is 1. The maximum Gasteiger partial charge on any atom is 0.227 e. The molecule has 1 amide bonds. The monoisotopic (exact) mass is 346 g/mol. The molecule has 3 atom stereocenters. The third-order valence-corrected chi connectivity index (χ3v) is 5.23. The fourth-order valence-corrected chi connectivity index (χ4v) is 3.54. The van der Waals surface area contributed by atoms with Crippen LogP contribution in [0, 0.1) is 13.8 Å². The number of likely N-dealkylation sites (N-methyl/N-ethyl adjacent to an activating group) is 1. The Balaban J connectivity index is 1.80. The lowest BCUT2D eigenvalue weighted by molar-refractivity contribution is -0.157. The van der Waals surface area contributed by atoms with Crippen molar-refractivity contribution in [2.45, 2.75) is 38.5 Å². The van der Waals surface area contributed by atoms with Crippen LogP contribution in [0.2, 0.25) is 0 Å². The van der Waals surface area contributed by atoms with Gasteiger partial charge in [-0.15, -0.1) is 0 Å². The molecule has 2 heterocycles. The van der Waals surface area contributed by atoms with Crippen LogP contribution in [0.3, 0.4) is 0 Å². The fraction of sp³-hybridized carbons (Fsp3) is 0.526. The Bertz CT molecular complexity index is 770. The normalized spacial score (nSPS) is 23.8. The Kier molecular flexibility index (Phi) is 5.13. The number of methoxy groups -OCH3 is 1. The van der Waals surface area contributed by atoms with Crippen molar-refractivity contribution in [2.75, 3.05) is 27.4 Å². The van der Waals surface area contributed by atoms with E-state index in [0.29, 0.717) is 13.2 Å². The van der Waals surface area contributed by atoms with E-state index in [2.05, 4.69) is 18.0 Å². The molecule has 0 radical (unpaired) electrons. The smallest absolute Gasteiger partial charge is 0.227 e. The molecular formula is C19H26N2O4. The number of aromatic nitrogens is 1. The number of nitrogens with zero attached hydrogens (tertiary/aromatic N) is 1. The van der Waals surface area contributed by atoms with Crippen molar-refractivity contribution in [3.63, 3.8) is 0 Å². The van der Waals surface area contributed by atoms with E-state index in [1.165, 1.54) is 0 Å². The summed E-state index contributed by atoms with van der Waals surface area (Å²) in [5, 5.41) is 11.5. The lowest BCUT2D eigenvalue weighted by atomic mass is 10.0. The van der Waals surface area contributed by atoms with Crippen molar-refractivity contribution in [1.29, 1.82) is 0 Å². The number of aliphatic hydroxyl groups excluding tert-OH is 1. The summed E-state index contributed by atoms with van der Waals surface area (Å²) in [6.07, 6.45) is -0.877. The van der Waals surface area contributed by atoms with Gasteiger partial charge >= 0.3 is 0 Å². The molecule has 136 valence electrons. The second kappa shape index (κ2) is 7.15. The number of hydrogen-bond acceptors (Lipinski definition) is 4. The number of nitrogens with one attached hydrogen (secondary N) is 1. The number of para-hydroxylation sites is 1. The topological polar surface area (TPSA) is 74.8 Å². The van der Waals surface area contributed by atoms with Crippen LogP contribution in [0.1, 0.15) is 16.8 Å². The number of amides is 1. The molecule has 1 aliphatic heterocycles. The largest absolute Gasteiger partial charge is 0.388 e. The van der Waals surface area contributed by atoms with E-state index in [-0.39, 0.29) is 12.3 Å². The molecule has 1 fully saturated rings. The van der Waals surface area contributed by atoms with Gasteiger partial charge in [0.25, 0.3) is 0 Å². The van der Waals surface area contributed by atoms with E-state index >= 15 is 0 Å². The van der Waals surface area contributed by atoms with E-state index in [9.17, 15) is 9.90 Å². The van der Waals surface area contributed by atoms with E-state index in [0.717, 1.165) is 27.7 Å². The number of carbonyl (C=O) groups is 1. The van der Waals surface area contributed by atoms with Gasteiger partial charge in [0.1, 0.15) is 12.2 Å². The highest BCUT2D eigenvalue weighted by Crippen LogP contribution is 2.26. The summed E-state index contributed by atoms with van der Waals surface area (Å²) in [7, 11) is 3.26. The summed E-state index contributed by atoms with van der Waals surface area (Å²) in [6.45, 7) is 4.70. The number of fused-ring (bicyclic) bond motifs is 1. The minimum Gasteiger partial charge on any atom is -0.388 e. The lowest BCUT2D eigenvalue weighted by Crippen LogP contribution is -2.57. The quantitative estimate of drug-likeness (QED) is 0.881. The molecule has 1 saturated heterocycles. The van der Waals surface area contributed by atoms with Gasteiger partial charge in [-0.2, -0.15) is 0 Å². The summed E-state index contributed by atoms with van der Waals surface area (Å²) in [5.41, 5.74) is 4.24. The van der Waals surface area contributed by atoms with Gasteiger partial charge in [-0.3, -0.25) is 4.79 Å². The number of aryl methyl sites for hydroxylation is 2. The molecular weight excluding hydrogens is 320 g/mol. The number of aromatic amines is 1. The van der Waals surface area contributed by atoms with Crippen LogP contribution < -0.4 is 0 Å². The van der Waals surface area contributed by atoms with Crippen LogP contribution >= 0.6 is 0 Å². The molecule has 0 saturated carbocycles. The average Bonchev–Trinajstić information content (AvgIpc) is 2.92. The molecule has 0 spiro atoms. The van der Waals surface area contributed by atoms with Gasteiger partial charge in [-0.1, -0.05) is 18.2 Å². The first kappa shape index (κ1) is 17.9. The number of H-pyrrole nitrogens is 1. The fourth-order valence-electron chi connectivity index (χ4n) is 3.54. The molecule has 1 aliphatic rings. The molecule has 0 aliphatic carbocycles. The summed E-state index contributed by atoms with van der Waals surface area (Å²) < 4.78 is 10.7. The summed E-state index contributed by atoms with van der Waals surface area (Å²) in [4.78, 5) is 17.8. The Hall–Kier alpha value is -1.89. The first-order valence-corrected chi connectivity index (χ1v) is 8.55. The van der Waals surface area contributed by atoms with E-state index in [1.807, 2.05) is 19.1 Å². The first-order chi connectivity index (χ1) is 11.9. The van der Waals surface area contributed by atoms with Crippen molar-refractivity contribution < 1.29 is 19.4 Å². The van der Waals surface area contributed by atoms with Crippen LogP contribution in [0.5, 0.6) is 0 Å². The molecule has 1 aromatic heterocycles. The molecule has 25 heavy (non-hydrogen) atoms. The zero-order valence-corrected chi connectivity index (χ0v) is 15.2. The lowest BCUT2D eigenvalue weighted by Gasteiger charge is -2.38. The van der Waals surface area contributed by atoms with Crippen LogP contribution in [0.15, 0.2) is 18.2 Å². The maximum absolute atomic E-state index is 12.8. The first-order valence-electron chi connectivity index (χ1n) is 8.55. The van der Waals surface area contributed by atoms with Gasteiger partial charge in [-0.25, -0.2) is 0 Å². The molecule has 0 bridgehead atoms. The Labute approximate surface area is 147 Å². The highest BCUT2D eigenvalue weighted by Gasteiger charge is 2.37. The summed E-state index contributed by atoms with van der Waals surface area (Å²) in [5.74, 6) is -0.0464. The van der Waals surface area contributed by atoms with Crippen molar-refractivity contribution in [3.8, 4) is 0 Å². The number of hydrogen-bond donors (Lipinski definition) is 2. The number of ether oxygens (including phenoxy) is 2. The molecule has 1 aromatic carbocycles. The Morgan fingerprint density at radius 1 is 1.40 bits per heavy atom. The van der Waals surface area contributed by atoms with Gasteiger partial charge in [-0.05, 0) is 25.0 Å². The minimum absolute atomic E-state index is 0.0464. The van der Waals surface area contributed by atoms with Crippen molar-refractivity contribution in [1.82, 2.24) is 9.88 Å². The van der Waals surface area contributed by atoms with Crippen LogP contribution in [-0.4, -0.2) is 66.5 Å². The van der Waals surface area contributed by atoms with Crippen molar-refractivity contribution in [2.24, 2.45) is 0 Å². The van der Waals surface area contributed by atoms with Gasteiger partial charge in [0.2, 0.25) is 5.91 Å². The number of rotatable bonds is 4. The van der Waals surface area contributed by atoms with Crippen LogP contribution in [0.4, 0.5) is 0 Å². The second-order valence-corrected chi connectivity index (χ2v) is 6.78. The summed E-state index contributed by atoms with van der Waals surface area (Å²) >= 11 is 0. The number of aliphatic hydroxyl groups is 1. The van der Waals surface area contributed by atoms with E-state index in [4.69, 9.17) is 9.47 Å². The molecule has 3 rings (SSSR count). The van der Waals surface area contributed by atoms with Gasteiger partial charge < -0.3 is 24.5 Å². The van der Waals surface area contributed by atoms with Gasteiger partial charge in [0.05, 0.1) is 25.7 Å². The van der Waals surface area contributed by atoms with E-state index < -0.39 is 18.2 Å². The number of benzene rings is 1. The molecule has 0 unspecified atom stereocenters. The highest BCUT2D eigenvalue weighted by atomic mass is 16.5. The Morgan fingerprint density at radius 2 is 2.16 bits per heavy atom. The molecule has 6 heteroatoms. The molecule has 2 N–H and O–H groups in total. The highest BCUT2D eigenvalue weighted by molar-refractivity contribution is 5.91. The predicted octanol–water partition coefficient (Wildman–Crippen LogP) is 1.56. The van der Waals surface area contributed by atoms with Crippen molar-refractivity contribution >= 4 is 16.8 Å². The second-order valence-electron chi connectivity index (χ2n) is 6.78. The summed E-state index contributed by atoms with van der Waals surface area (Å²) in [6, 6.07) is 5.69. The molecule has 6 nitrogen and oxygen atoms in total. The Morgan fingerprint density at radius 3 is 2.88 bits per heavy atom. The molecule has 2 aromatic rings. The standard InChI is InChI=1S/C19H26N2O4/c1-11-6-5-7-13-14(12(2)20-18(11)13)8-17(22)21(3)15-9-25-10-16(24-4)19(15)23/h5-7,15-16,19-20,23H,8-10H2,1-4H3/t15-,16-,19+/m1/s1. The van der Waals surface area contributed by atoms with E-state index in [1.54, 1.807) is 19.1 Å². The van der Waals surface area contributed by atoms with Gasteiger partial charge in [0.15, 0.2) is 0 Å². The maximum atomic E-state index is 12.8. The van der Waals surface area contributed by atoms with Crippen LogP contribution in [-0.2, 0) is 20.7 Å². The third kappa shape index (κ3) is 3.29. The van der Waals surface area contributed by atoms with Crippen molar-refractivity contribution in [3.05, 3.63) is 35.0 Å².